The zero-order chi connectivity index (χ0) is 23.3. The molecule has 1 amide bonds. The number of amides is 1. The molecule has 0 aliphatic heterocycles. The van der Waals surface area contributed by atoms with Crippen molar-refractivity contribution in [1.29, 1.82) is 0 Å². The molecule has 166 valence electrons. The predicted octanol–water partition coefficient (Wildman–Crippen LogP) is 4.01. The van der Waals surface area contributed by atoms with Gasteiger partial charge in [-0.15, -0.1) is 0 Å². The van der Waals surface area contributed by atoms with Crippen molar-refractivity contribution >= 4 is 46.6 Å². The fourth-order valence-electron chi connectivity index (χ4n) is 2.23. The number of ether oxygens (including phenoxy) is 3. The minimum Gasteiger partial charge on any atom is -0.493 e. The van der Waals surface area contributed by atoms with Gasteiger partial charge in [0.2, 0.25) is 0 Å². The number of aromatic nitrogens is 1. The first kappa shape index (κ1) is 24.0. The second kappa shape index (κ2) is 10.2. The van der Waals surface area contributed by atoms with Crippen molar-refractivity contribution in [3.63, 3.8) is 0 Å². The zero-order valence-corrected chi connectivity index (χ0v) is 17.3. The number of alkyl halides is 2. The highest BCUT2D eigenvalue weighted by Crippen LogP contribution is 2.36. The Morgan fingerprint density at radius 2 is 1.97 bits per heavy atom. The van der Waals surface area contributed by atoms with Crippen LogP contribution in [0.1, 0.15) is 15.9 Å². The third-order valence-electron chi connectivity index (χ3n) is 3.71. The van der Waals surface area contributed by atoms with Crippen molar-refractivity contribution in [3.05, 3.63) is 49.6 Å². The van der Waals surface area contributed by atoms with E-state index in [0.717, 1.165) is 13.2 Å². The number of nitro groups is 1. The van der Waals surface area contributed by atoms with Gasteiger partial charge in [0.15, 0.2) is 23.9 Å². The summed E-state index contributed by atoms with van der Waals surface area (Å²) in [5, 5.41) is 13.9. The molecule has 10 nitrogen and oxygen atoms in total. The van der Waals surface area contributed by atoms with Crippen LogP contribution in [0.15, 0.2) is 18.3 Å². The van der Waals surface area contributed by atoms with Crippen LogP contribution in [0.25, 0.3) is 0 Å². The second-order valence-corrected chi connectivity index (χ2v) is 6.46. The van der Waals surface area contributed by atoms with Gasteiger partial charge in [-0.05, 0) is 12.5 Å². The number of carbonyl (C=O) groups is 2. The molecule has 0 fully saturated rings. The van der Waals surface area contributed by atoms with Crippen LogP contribution in [-0.2, 0) is 9.53 Å². The van der Waals surface area contributed by atoms with Crippen LogP contribution < -0.4 is 14.8 Å². The summed E-state index contributed by atoms with van der Waals surface area (Å²) >= 11 is 11.9. The van der Waals surface area contributed by atoms with Crippen molar-refractivity contribution in [3.8, 4) is 11.5 Å². The average Bonchev–Trinajstić information content (AvgIpc) is 2.71. The molecule has 2 aromatic rings. The van der Waals surface area contributed by atoms with Crippen LogP contribution in [0.4, 0.5) is 20.3 Å². The van der Waals surface area contributed by atoms with Gasteiger partial charge >= 0.3 is 12.6 Å². The van der Waals surface area contributed by atoms with Crippen molar-refractivity contribution in [2.24, 2.45) is 0 Å². The van der Waals surface area contributed by atoms with Crippen molar-refractivity contribution in [1.82, 2.24) is 4.98 Å². The number of methoxy groups -OCH3 is 1. The second-order valence-electron chi connectivity index (χ2n) is 5.67. The van der Waals surface area contributed by atoms with Gasteiger partial charge in [0.25, 0.3) is 11.6 Å². The van der Waals surface area contributed by atoms with Gasteiger partial charge in [-0.1, -0.05) is 23.2 Å². The summed E-state index contributed by atoms with van der Waals surface area (Å²) in [4.78, 5) is 38.4. The maximum atomic E-state index is 12.5. The molecule has 0 radical (unpaired) electrons. The van der Waals surface area contributed by atoms with Crippen LogP contribution in [0.5, 0.6) is 11.5 Å². The molecule has 1 N–H and O–H groups in total. The lowest BCUT2D eigenvalue weighted by molar-refractivity contribution is -0.385. The Hall–Kier alpha value is -3.25. The predicted molar refractivity (Wildman–Crippen MR) is 104 cm³/mol. The number of nitrogens with one attached hydrogen (secondary N) is 1. The molecule has 0 unspecified atom stereocenters. The van der Waals surface area contributed by atoms with E-state index in [-0.39, 0.29) is 21.6 Å². The van der Waals surface area contributed by atoms with Gasteiger partial charge in [-0.25, -0.2) is 9.78 Å². The number of halogens is 4. The van der Waals surface area contributed by atoms with E-state index in [1.807, 2.05) is 0 Å². The molecule has 1 aromatic heterocycles. The van der Waals surface area contributed by atoms with Crippen molar-refractivity contribution in [2.75, 3.05) is 19.0 Å². The van der Waals surface area contributed by atoms with Gasteiger partial charge in [-0.3, -0.25) is 14.9 Å². The lowest BCUT2D eigenvalue weighted by Crippen LogP contribution is -2.22. The zero-order valence-electron chi connectivity index (χ0n) is 15.8. The van der Waals surface area contributed by atoms with Gasteiger partial charge in [0.05, 0.1) is 28.1 Å². The maximum absolute atomic E-state index is 12.5. The summed E-state index contributed by atoms with van der Waals surface area (Å²) in [5.74, 6) is -3.20. The topological polar surface area (TPSA) is 130 Å². The lowest BCUT2D eigenvalue weighted by Gasteiger charge is -2.12. The van der Waals surface area contributed by atoms with E-state index >= 15 is 0 Å². The number of hydrogen-bond donors (Lipinski definition) is 1. The number of esters is 1. The largest absolute Gasteiger partial charge is 0.493 e. The number of nitrogens with zero attached hydrogens (tertiary/aromatic N) is 2. The number of pyridine rings is 1. The average molecular weight is 480 g/mol. The molecule has 31 heavy (non-hydrogen) atoms. The fraction of sp³-hybridized carbons (Fsp3) is 0.235. The van der Waals surface area contributed by atoms with E-state index in [0.29, 0.717) is 11.6 Å². The van der Waals surface area contributed by atoms with E-state index < -0.39 is 47.0 Å². The lowest BCUT2D eigenvalue weighted by atomic mass is 10.1. The smallest absolute Gasteiger partial charge is 0.387 e. The molecular weight excluding hydrogens is 467 g/mol. The van der Waals surface area contributed by atoms with Crippen LogP contribution in [0, 0.1) is 17.0 Å². The van der Waals surface area contributed by atoms with Crippen LogP contribution >= 0.6 is 23.2 Å². The molecule has 0 bridgehead atoms. The Morgan fingerprint density at radius 1 is 1.29 bits per heavy atom. The number of nitro benzene ring substituents is 1. The van der Waals surface area contributed by atoms with Gasteiger partial charge in [-0.2, -0.15) is 8.78 Å². The molecule has 1 aromatic carbocycles. The first-order valence-corrected chi connectivity index (χ1v) is 8.89. The summed E-state index contributed by atoms with van der Waals surface area (Å²) in [5.41, 5.74) is -1.07. The van der Waals surface area contributed by atoms with E-state index in [9.17, 15) is 28.5 Å². The highest BCUT2D eigenvalue weighted by molar-refractivity contribution is 6.37. The molecule has 0 aliphatic carbocycles. The van der Waals surface area contributed by atoms with Gasteiger partial charge < -0.3 is 19.5 Å². The standard InChI is InChI=1S/C17H13Cl2F2N3O7/c1-7-9(18)5-22-15(14(7)19)23-13(25)6-30-16(26)8-3-11(29-2)12(31-17(20)21)4-10(8)24(27)28/h3-5,17H,6H2,1-2H3,(H,22,23,25). The quantitative estimate of drug-likeness (QED) is 0.341. The molecule has 0 saturated carbocycles. The first-order valence-electron chi connectivity index (χ1n) is 8.14. The third kappa shape index (κ3) is 5.89. The molecule has 0 saturated heterocycles. The van der Waals surface area contributed by atoms with E-state index in [1.54, 1.807) is 6.92 Å². The Bertz CT molecular complexity index is 1040. The highest BCUT2D eigenvalue weighted by atomic mass is 35.5. The van der Waals surface area contributed by atoms with Crippen molar-refractivity contribution in [2.45, 2.75) is 13.5 Å². The fourth-order valence-corrected chi connectivity index (χ4v) is 2.62. The first-order chi connectivity index (χ1) is 14.5. The molecule has 0 aliphatic rings. The Labute approximate surface area is 183 Å². The minimum absolute atomic E-state index is 0.0363. The minimum atomic E-state index is -3.29. The molecule has 1 heterocycles. The molecular formula is C17H13Cl2F2N3O7. The van der Waals surface area contributed by atoms with Crippen LogP contribution in [0.3, 0.4) is 0 Å². The normalized spacial score (nSPS) is 10.5. The van der Waals surface area contributed by atoms with E-state index in [4.69, 9.17) is 32.7 Å². The number of anilines is 1. The summed E-state index contributed by atoms with van der Waals surface area (Å²) in [6, 6.07) is 1.37. The van der Waals surface area contributed by atoms with E-state index in [1.165, 1.54) is 6.20 Å². The summed E-state index contributed by atoms with van der Waals surface area (Å²) in [6.45, 7) is -2.55. The summed E-state index contributed by atoms with van der Waals surface area (Å²) < 4.78 is 38.7. The van der Waals surface area contributed by atoms with Crippen LogP contribution in [0.2, 0.25) is 10.0 Å². The molecule has 14 heteroatoms. The van der Waals surface area contributed by atoms with Gasteiger partial charge in [0.1, 0.15) is 5.56 Å². The number of rotatable bonds is 8. The van der Waals surface area contributed by atoms with Crippen LogP contribution in [-0.4, -0.2) is 42.1 Å². The summed E-state index contributed by atoms with van der Waals surface area (Å²) in [7, 11) is 1.08. The van der Waals surface area contributed by atoms with E-state index in [2.05, 4.69) is 15.0 Å². The molecule has 0 atom stereocenters. The molecule has 2 rings (SSSR count). The maximum Gasteiger partial charge on any atom is 0.387 e. The summed E-state index contributed by atoms with van der Waals surface area (Å²) in [6.07, 6.45) is 1.25. The Balaban J connectivity index is 2.18. The van der Waals surface area contributed by atoms with Gasteiger partial charge in [0, 0.05) is 12.3 Å². The van der Waals surface area contributed by atoms with Crippen molar-refractivity contribution < 1.29 is 37.5 Å². The number of benzene rings is 1. The highest BCUT2D eigenvalue weighted by Gasteiger charge is 2.27. The third-order valence-corrected chi connectivity index (χ3v) is 4.55. The monoisotopic (exact) mass is 479 g/mol. The SMILES string of the molecule is COc1cc(C(=O)OCC(=O)Nc2ncc(Cl)c(C)c2Cl)c([N+](=O)[O-])cc1OC(F)F. The Kier molecular flexibility index (Phi) is 7.89. The Morgan fingerprint density at radius 3 is 2.55 bits per heavy atom. The number of carbonyl (C=O) groups excluding carboxylic acids is 2. The molecule has 0 spiro atoms. The number of hydrogen-bond acceptors (Lipinski definition) is 8.